The predicted octanol–water partition coefficient (Wildman–Crippen LogP) is 5.87. The van der Waals surface area contributed by atoms with Crippen LogP contribution in [0.5, 0.6) is 0 Å². The van der Waals surface area contributed by atoms with Crippen LogP contribution in [0.25, 0.3) is 10.8 Å². The van der Waals surface area contributed by atoms with E-state index in [4.69, 9.17) is 11.6 Å². The number of fused-ring (bicyclic) bond motifs is 1. The van der Waals surface area contributed by atoms with Crippen molar-refractivity contribution in [1.29, 1.82) is 0 Å². The molecule has 0 radical (unpaired) electrons. The van der Waals surface area contributed by atoms with E-state index in [0.717, 1.165) is 27.3 Å². The van der Waals surface area contributed by atoms with Gasteiger partial charge in [0.2, 0.25) is 0 Å². The van der Waals surface area contributed by atoms with Crippen molar-refractivity contribution in [2.45, 2.75) is 6.54 Å². The average molecular weight is 347 g/mol. The van der Waals surface area contributed by atoms with Crippen molar-refractivity contribution in [1.82, 2.24) is 0 Å². The van der Waals surface area contributed by atoms with Crippen LogP contribution in [0, 0.1) is 0 Å². The maximum atomic E-state index is 6.03. The van der Waals surface area contributed by atoms with Crippen LogP contribution in [0.1, 0.15) is 5.56 Å². The van der Waals surface area contributed by atoms with E-state index in [-0.39, 0.29) is 0 Å². The predicted molar refractivity (Wildman–Crippen MR) is 90.4 cm³/mol. The molecule has 0 spiro atoms. The van der Waals surface area contributed by atoms with Crippen LogP contribution in [0.3, 0.4) is 0 Å². The van der Waals surface area contributed by atoms with Gasteiger partial charge in [-0.25, -0.2) is 0 Å². The van der Waals surface area contributed by atoms with Gasteiger partial charge in [0.05, 0.1) is 0 Å². The van der Waals surface area contributed by atoms with Gasteiger partial charge in [-0.1, -0.05) is 57.9 Å². The summed E-state index contributed by atoms with van der Waals surface area (Å²) in [6.45, 7) is 0.736. The maximum Gasteiger partial charge on any atom is 0.0412 e. The van der Waals surface area contributed by atoms with Gasteiger partial charge in [0.15, 0.2) is 0 Å². The first-order chi connectivity index (χ1) is 9.72. The lowest BCUT2D eigenvalue weighted by Crippen LogP contribution is -2.00. The number of hydrogen-bond donors (Lipinski definition) is 1. The number of nitrogens with one attached hydrogen (secondary N) is 1. The van der Waals surface area contributed by atoms with E-state index in [1.165, 1.54) is 10.8 Å². The van der Waals surface area contributed by atoms with E-state index >= 15 is 0 Å². The van der Waals surface area contributed by atoms with E-state index in [1.54, 1.807) is 0 Å². The first-order valence-corrected chi connectivity index (χ1v) is 7.56. The molecule has 0 saturated carbocycles. The molecule has 1 N–H and O–H groups in total. The number of halogens is 2. The molecule has 3 aromatic rings. The highest BCUT2D eigenvalue weighted by Crippen LogP contribution is 2.23. The Balaban J connectivity index is 1.81. The SMILES string of the molecule is Clc1ccc(Br)c(CNc2ccc3ccccc3c2)c1. The van der Waals surface area contributed by atoms with Crippen molar-refractivity contribution in [2.24, 2.45) is 0 Å². The highest BCUT2D eigenvalue weighted by molar-refractivity contribution is 9.10. The van der Waals surface area contributed by atoms with E-state index in [0.29, 0.717) is 0 Å². The van der Waals surface area contributed by atoms with Crippen molar-refractivity contribution < 1.29 is 0 Å². The monoisotopic (exact) mass is 345 g/mol. The van der Waals surface area contributed by atoms with Crippen molar-refractivity contribution in [3.05, 3.63) is 75.7 Å². The van der Waals surface area contributed by atoms with Crippen molar-refractivity contribution in [3.63, 3.8) is 0 Å². The normalized spacial score (nSPS) is 10.7. The molecule has 0 aromatic heterocycles. The van der Waals surface area contributed by atoms with Gasteiger partial charge in [0, 0.05) is 21.7 Å². The highest BCUT2D eigenvalue weighted by Gasteiger charge is 2.01. The lowest BCUT2D eigenvalue weighted by atomic mass is 10.1. The van der Waals surface area contributed by atoms with E-state index in [2.05, 4.69) is 63.7 Å². The lowest BCUT2D eigenvalue weighted by Gasteiger charge is -2.09. The van der Waals surface area contributed by atoms with Crippen LogP contribution in [0.15, 0.2) is 65.1 Å². The third-order valence-corrected chi connectivity index (χ3v) is 4.25. The third-order valence-electron chi connectivity index (χ3n) is 3.24. The van der Waals surface area contributed by atoms with Crippen LogP contribution in [0.4, 0.5) is 5.69 Å². The van der Waals surface area contributed by atoms with E-state index < -0.39 is 0 Å². The van der Waals surface area contributed by atoms with Gasteiger partial charge in [-0.2, -0.15) is 0 Å². The van der Waals surface area contributed by atoms with Crippen LogP contribution >= 0.6 is 27.5 Å². The molecule has 3 aromatic carbocycles. The van der Waals surface area contributed by atoms with Gasteiger partial charge in [0.25, 0.3) is 0 Å². The molecular weight excluding hydrogens is 334 g/mol. The number of rotatable bonds is 3. The standard InChI is InChI=1S/C17H13BrClN/c18-17-8-6-15(19)9-14(17)11-20-16-7-5-12-3-1-2-4-13(12)10-16/h1-10,20H,11H2. The summed E-state index contributed by atoms with van der Waals surface area (Å²) in [7, 11) is 0. The Hall–Kier alpha value is -1.51. The summed E-state index contributed by atoms with van der Waals surface area (Å²) in [5.41, 5.74) is 2.25. The molecular formula is C17H13BrClN. The van der Waals surface area contributed by atoms with Gasteiger partial charge in [0.1, 0.15) is 0 Å². The van der Waals surface area contributed by atoms with Crippen LogP contribution in [0.2, 0.25) is 5.02 Å². The molecule has 0 fully saturated rings. The minimum absolute atomic E-state index is 0.736. The quantitative estimate of drug-likeness (QED) is 0.625. The van der Waals surface area contributed by atoms with Gasteiger partial charge in [-0.3, -0.25) is 0 Å². The molecule has 20 heavy (non-hydrogen) atoms. The molecule has 0 unspecified atom stereocenters. The van der Waals surface area contributed by atoms with E-state index in [1.807, 2.05) is 18.2 Å². The van der Waals surface area contributed by atoms with Crippen LogP contribution in [-0.2, 0) is 6.54 Å². The molecule has 3 rings (SSSR count). The summed E-state index contributed by atoms with van der Waals surface area (Å²) in [4.78, 5) is 0. The first-order valence-electron chi connectivity index (χ1n) is 6.39. The number of benzene rings is 3. The summed E-state index contributed by atoms with van der Waals surface area (Å²) in [5.74, 6) is 0. The minimum atomic E-state index is 0.736. The molecule has 0 saturated heterocycles. The second-order valence-corrected chi connectivity index (χ2v) is 5.94. The number of hydrogen-bond acceptors (Lipinski definition) is 1. The molecule has 1 nitrogen and oxygen atoms in total. The molecule has 3 heteroatoms. The Morgan fingerprint density at radius 1 is 0.900 bits per heavy atom. The zero-order valence-corrected chi connectivity index (χ0v) is 13.1. The molecule has 0 aliphatic heterocycles. The topological polar surface area (TPSA) is 12.0 Å². The van der Waals surface area contributed by atoms with Crippen molar-refractivity contribution in [3.8, 4) is 0 Å². The van der Waals surface area contributed by atoms with Crippen molar-refractivity contribution in [2.75, 3.05) is 5.32 Å². The van der Waals surface area contributed by atoms with Crippen molar-refractivity contribution >= 4 is 44.0 Å². The Bertz CT molecular complexity index is 755. The maximum absolute atomic E-state index is 6.03. The second kappa shape index (κ2) is 5.86. The second-order valence-electron chi connectivity index (χ2n) is 4.65. The molecule has 100 valence electrons. The number of anilines is 1. The molecule has 0 aliphatic carbocycles. The van der Waals surface area contributed by atoms with Gasteiger partial charge < -0.3 is 5.32 Å². The highest BCUT2D eigenvalue weighted by atomic mass is 79.9. The third kappa shape index (κ3) is 2.97. The van der Waals surface area contributed by atoms with Gasteiger partial charge in [-0.15, -0.1) is 0 Å². The smallest absolute Gasteiger partial charge is 0.0412 e. The zero-order chi connectivity index (χ0) is 13.9. The van der Waals surface area contributed by atoms with E-state index in [9.17, 15) is 0 Å². The Kier molecular flexibility index (Phi) is 3.95. The fourth-order valence-electron chi connectivity index (χ4n) is 2.18. The van der Waals surface area contributed by atoms with Gasteiger partial charge in [-0.05, 0) is 46.7 Å². The first kappa shape index (κ1) is 13.5. The minimum Gasteiger partial charge on any atom is -0.381 e. The fourth-order valence-corrected chi connectivity index (χ4v) is 2.76. The summed E-state index contributed by atoms with van der Waals surface area (Å²) < 4.78 is 1.06. The largest absolute Gasteiger partial charge is 0.381 e. The summed E-state index contributed by atoms with van der Waals surface area (Å²) in [6.07, 6.45) is 0. The molecule has 0 amide bonds. The molecule has 0 heterocycles. The fraction of sp³-hybridized carbons (Fsp3) is 0.0588. The Morgan fingerprint density at radius 3 is 2.55 bits per heavy atom. The summed E-state index contributed by atoms with van der Waals surface area (Å²) in [6, 6.07) is 20.6. The summed E-state index contributed by atoms with van der Waals surface area (Å²) >= 11 is 9.57. The molecule has 0 bridgehead atoms. The summed E-state index contributed by atoms with van der Waals surface area (Å²) in [5, 5.41) is 6.68. The Labute approximate surface area is 131 Å². The molecule has 0 atom stereocenters. The van der Waals surface area contributed by atoms with Crippen LogP contribution in [-0.4, -0.2) is 0 Å². The average Bonchev–Trinajstić information content (AvgIpc) is 2.48. The lowest BCUT2D eigenvalue weighted by molar-refractivity contribution is 1.14. The van der Waals surface area contributed by atoms with Crippen LogP contribution < -0.4 is 5.32 Å². The Morgan fingerprint density at radius 2 is 1.70 bits per heavy atom. The van der Waals surface area contributed by atoms with Gasteiger partial charge >= 0.3 is 0 Å². The zero-order valence-electron chi connectivity index (χ0n) is 10.7. The molecule has 0 aliphatic rings.